The molecule has 1 atom stereocenters. The first kappa shape index (κ1) is 12.8. The highest BCUT2D eigenvalue weighted by molar-refractivity contribution is 5.71. The molecular weight excluding hydrogens is 237 g/mol. The minimum absolute atomic E-state index is 0.0210. The Morgan fingerprint density at radius 1 is 1.56 bits per heavy atom. The first-order valence-electron chi connectivity index (χ1n) is 5.85. The van der Waals surface area contributed by atoms with E-state index in [0.29, 0.717) is 12.0 Å². The largest absolute Gasteiger partial charge is 0.447 e. The molecule has 4 nitrogen and oxygen atoms in total. The highest BCUT2D eigenvalue weighted by Gasteiger charge is 2.42. The Bertz CT molecular complexity index is 452. The van der Waals surface area contributed by atoms with E-state index in [1.54, 1.807) is 12.1 Å². The van der Waals surface area contributed by atoms with Gasteiger partial charge >= 0.3 is 6.09 Å². The number of amides is 1. The van der Waals surface area contributed by atoms with E-state index in [0.717, 1.165) is 0 Å². The van der Waals surface area contributed by atoms with E-state index >= 15 is 0 Å². The van der Waals surface area contributed by atoms with Gasteiger partial charge in [0.1, 0.15) is 12.4 Å². The lowest BCUT2D eigenvalue weighted by Gasteiger charge is -2.31. The molecule has 98 valence electrons. The third-order valence-corrected chi connectivity index (χ3v) is 3.26. The van der Waals surface area contributed by atoms with Gasteiger partial charge in [-0.25, -0.2) is 9.18 Å². The maximum atomic E-state index is 13.1. The van der Waals surface area contributed by atoms with Crippen LogP contribution in [-0.4, -0.2) is 34.9 Å². The van der Waals surface area contributed by atoms with Crippen LogP contribution in [0.15, 0.2) is 24.3 Å². The standard InChI is InChI=1S/C13H16FNO3/c1-13(5-6-16)9-18-12(17)15(13)8-10-3-2-4-11(14)7-10/h2-4,7,16H,5-6,8-9H2,1H3. The number of rotatable bonds is 4. The topological polar surface area (TPSA) is 49.8 Å². The second kappa shape index (κ2) is 4.94. The van der Waals surface area contributed by atoms with Crippen molar-refractivity contribution in [3.05, 3.63) is 35.6 Å². The lowest BCUT2D eigenvalue weighted by Crippen LogP contribution is -2.44. The van der Waals surface area contributed by atoms with Crippen LogP contribution in [0.1, 0.15) is 18.9 Å². The second-order valence-electron chi connectivity index (χ2n) is 4.74. The van der Waals surface area contributed by atoms with Gasteiger partial charge in [0.15, 0.2) is 0 Å². The summed E-state index contributed by atoms with van der Waals surface area (Å²) in [5.41, 5.74) is 0.177. The molecule has 1 aromatic carbocycles. The summed E-state index contributed by atoms with van der Waals surface area (Å²) in [6, 6.07) is 6.12. The van der Waals surface area contributed by atoms with E-state index in [4.69, 9.17) is 9.84 Å². The molecule has 1 heterocycles. The minimum Gasteiger partial charge on any atom is -0.447 e. The fourth-order valence-corrected chi connectivity index (χ4v) is 2.11. The number of aliphatic hydroxyl groups is 1. The third kappa shape index (κ3) is 2.46. The Hall–Kier alpha value is -1.62. The molecule has 0 spiro atoms. The van der Waals surface area contributed by atoms with Crippen LogP contribution in [0.5, 0.6) is 0 Å². The molecule has 0 aromatic heterocycles. The molecule has 1 fully saturated rings. The van der Waals surface area contributed by atoms with Crippen molar-refractivity contribution >= 4 is 6.09 Å². The van der Waals surface area contributed by atoms with Crippen molar-refractivity contribution in [1.29, 1.82) is 0 Å². The van der Waals surface area contributed by atoms with E-state index in [-0.39, 0.29) is 25.6 Å². The Balaban J connectivity index is 2.17. The highest BCUT2D eigenvalue weighted by Crippen LogP contribution is 2.29. The van der Waals surface area contributed by atoms with Crippen LogP contribution in [0.2, 0.25) is 0 Å². The smallest absolute Gasteiger partial charge is 0.410 e. The van der Waals surface area contributed by atoms with E-state index in [2.05, 4.69) is 0 Å². The Morgan fingerprint density at radius 2 is 2.33 bits per heavy atom. The van der Waals surface area contributed by atoms with Crippen LogP contribution in [0.25, 0.3) is 0 Å². The molecule has 0 bridgehead atoms. The number of hydrogen-bond acceptors (Lipinski definition) is 3. The summed E-state index contributed by atoms with van der Waals surface area (Å²) in [6.45, 7) is 2.37. The molecule has 18 heavy (non-hydrogen) atoms. The Morgan fingerprint density at radius 3 is 3.00 bits per heavy atom. The van der Waals surface area contributed by atoms with E-state index in [1.165, 1.54) is 17.0 Å². The number of hydrogen-bond donors (Lipinski definition) is 1. The Labute approximate surface area is 105 Å². The third-order valence-electron chi connectivity index (χ3n) is 3.26. The molecule has 0 aliphatic carbocycles. The van der Waals surface area contributed by atoms with Gasteiger partial charge in [-0.15, -0.1) is 0 Å². The molecule has 1 aromatic rings. The second-order valence-corrected chi connectivity index (χ2v) is 4.74. The molecule has 0 radical (unpaired) electrons. The summed E-state index contributed by atoms with van der Waals surface area (Å²) in [6.07, 6.45) is 0.0174. The molecule has 1 aliphatic heterocycles. The number of carbonyl (C=O) groups excluding carboxylic acids is 1. The lowest BCUT2D eigenvalue weighted by molar-refractivity contribution is 0.131. The molecule has 1 amide bonds. The van der Waals surface area contributed by atoms with Gasteiger partial charge in [-0.2, -0.15) is 0 Å². The van der Waals surface area contributed by atoms with E-state index in [1.807, 2.05) is 6.92 Å². The summed E-state index contributed by atoms with van der Waals surface area (Å²) in [7, 11) is 0. The van der Waals surface area contributed by atoms with E-state index < -0.39 is 11.6 Å². The number of ether oxygens (including phenoxy) is 1. The predicted molar refractivity (Wildman–Crippen MR) is 63.4 cm³/mol. The molecule has 1 saturated heterocycles. The van der Waals surface area contributed by atoms with Gasteiger partial charge in [0.25, 0.3) is 0 Å². The van der Waals surface area contributed by atoms with Crippen LogP contribution < -0.4 is 0 Å². The first-order valence-corrected chi connectivity index (χ1v) is 5.85. The number of benzene rings is 1. The van der Waals surface area contributed by atoms with Crippen molar-refractivity contribution in [3.63, 3.8) is 0 Å². The predicted octanol–water partition coefficient (Wildman–Crippen LogP) is 1.92. The van der Waals surface area contributed by atoms with Crippen molar-refractivity contribution in [1.82, 2.24) is 4.90 Å². The minimum atomic E-state index is -0.530. The van der Waals surface area contributed by atoms with Gasteiger partial charge in [-0.05, 0) is 31.0 Å². The van der Waals surface area contributed by atoms with Crippen molar-refractivity contribution in [2.45, 2.75) is 25.4 Å². The van der Waals surface area contributed by atoms with Gasteiger partial charge < -0.3 is 9.84 Å². The average molecular weight is 253 g/mol. The van der Waals surface area contributed by atoms with Crippen LogP contribution in [0.4, 0.5) is 9.18 Å². The quantitative estimate of drug-likeness (QED) is 0.891. The maximum Gasteiger partial charge on any atom is 0.410 e. The zero-order valence-corrected chi connectivity index (χ0v) is 10.2. The van der Waals surface area contributed by atoms with Gasteiger partial charge in [0.2, 0.25) is 0 Å². The molecule has 1 N–H and O–H groups in total. The highest BCUT2D eigenvalue weighted by atomic mass is 19.1. The molecular formula is C13H16FNO3. The van der Waals surface area contributed by atoms with Crippen molar-refractivity contribution in [2.24, 2.45) is 0 Å². The summed E-state index contributed by atoms with van der Waals surface area (Å²) < 4.78 is 18.1. The fraction of sp³-hybridized carbons (Fsp3) is 0.462. The summed E-state index contributed by atoms with van der Waals surface area (Å²) in [4.78, 5) is 13.2. The molecule has 1 unspecified atom stereocenters. The Kier molecular flexibility index (Phi) is 3.52. The molecule has 2 rings (SSSR count). The van der Waals surface area contributed by atoms with E-state index in [9.17, 15) is 9.18 Å². The van der Waals surface area contributed by atoms with Crippen LogP contribution in [0, 0.1) is 5.82 Å². The monoisotopic (exact) mass is 253 g/mol. The van der Waals surface area contributed by atoms with Gasteiger partial charge in [-0.1, -0.05) is 12.1 Å². The van der Waals surface area contributed by atoms with Crippen LogP contribution in [0.3, 0.4) is 0 Å². The number of aliphatic hydroxyl groups excluding tert-OH is 1. The van der Waals surface area contributed by atoms with Gasteiger partial charge in [0.05, 0.1) is 5.54 Å². The number of carbonyl (C=O) groups is 1. The van der Waals surface area contributed by atoms with Crippen LogP contribution in [-0.2, 0) is 11.3 Å². The fourth-order valence-electron chi connectivity index (χ4n) is 2.11. The van der Waals surface area contributed by atoms with Gasteiger partial charge in [-0.3, -0.25) is 4.90 Å². The lowest BCUT2D eigenvalue weighted by atomic mass is 9.97. The molecule has 1 aliphatic rings. The number of cyclic esters (lactones) is 1. The zero-order chi connectivity index (χ0) is 13.2. The van der Waals surface area contributed by atoms with Crippen molar-refractivity contribution in [3.8, 4) is 0 Å². The van der Waals surface area contributed by atoms with Crippen molar-refractivity contribution < 1.29 is 19.0 Å². The molecule has 0 saturated carbocycles. The number of nitrogens with zero attached hydrogens (tertiary/aromatic N) is 1. The summed E-state index contributed by atoms with van der Waals surface area (Å²) in [5.74, 6) is -0.330. The summed E-state index contributed by atoms with van der Waals surface area (Å²) >= 11 is 0. The SMILES string of the molecule is CC1(CCO)COC(=O)N1Cc1cccc(F)c1. The normalized spacial score (nSPS) is 23.3. The number of halogens is 1. The first-order chi connectivity index (χ1) is 8.55. The maximum absolute atomic E-state index is 13.1. The van der Waals surface area contributed by atoms with Crippen LogP contribution >= 0.6 is 0 Å². The average Bonchev–Trinajstić information content (AvgIpc) is 2.58. The molecule has 5 heteroatoms. The van der Waals surface area contributed by atoms with Gasteiger partial charge in [0, 0.05) is 13.2 Å². The summed E-state index contributed by atoms with van der Waals surface area (Å²) in [5, 5.41) is 9.05. The van der Waals surface area contributed by atoms with Crippen molar-refractivity contribution in [2.75, 3.05) is 13.2 Å². The zero-order valence-electron chi connectivity index (χ0n) is 10.2.